The maximum atomic E-state index is 10.9. The first-order chi connectivity index (χ1) is 15.4. The number of aliphatic hydroxyl groups is 3. The lowest BCUT2D eigenvalue weighted by Crippen LogP contribution is -2.67. The van der Waals surface area contributed by atoms with Crippen molar-refractivity contribution >= 4 is 0 Å². The van der Waals surface area contributed by atoms with Gasteiger partial charge in [0.1, 0.15) is 0 Å². The second-order valence-electron chi connectivity index (χ2n) is 14.4. The van der Waals surface area contributed by atoms with Gasteiger partial charge in [0.2, 0.25) is 0 Å². The molecule has 0 heterocycles. The molecule has 3 nitrogen and oxygen atoms in total. The molecule has 0 saturated heterocycles. The first-order valence-corrected chi connectivity index (χ1v) is 14.0. The van der Waals surface area contributed by atoms with Crippen LogP contribution in [0, 0.1) is 56.7 Å². The van der Waals surface area contributed by atoms with Crippen LogP contribution in [-0.2, 0) is 0 Å². The molecule has 5 saturated carbocycles. The number of hydrogen-bond donors (Lipinski definition) is 3. The standard InChI is InChI=1S/C30H50O3/c1-19(2)20-9-14-30(18-32)16-15-28(5)21(25(20)30)7-8-23-26(3)12-11-24(33)27(4,17-31)22(26)10-13-29(23,28)6/h20-25,31-33H,1,7-18H2,2-6H3/t20-,21?,22?,23?,24-,25?,26-,27-,28+,29+,30+/m0/s1. The van der Waals surface area contributed by atoms with Gasteiger partial charge < -0.3 is 15.3 Å². The highest BCUT2D eigenvalue weighted by atomic mass is 16.3. The summed E-state index contributed by atoms with van der Waals surface area (Å²) in [5.41, 5.74) is 1.83. The molecule has 5 aliphatic rings. The molecule has 0 aromatic heterocycles. The topological polar surface area (TPSA) is 60.7 Å². The minimum Gasteiger partial charge on any atom is -0.396 e. The van der Waals surface area contributed by atoms with Gasteiger partial charge in [-0.25, -0.2) is 0 Å². The largest absolute Gasteiger partial charge is 0.396 e. The smallest absolute Gasteiger partial charge is 0.0618 e. The van der Waals surface area contributed by atoms with Crippen LogP contribution in [-0.4, -0.2) is 34.6 Å². The van der Waals surface area contributed by atoms with Gasteiger partial charge in [-0.2, -0.15) is 0 Å². The number of fused-ring (bicyclic) bond motifs is 7. The van der Waals surface area contributed by atoms with Crippen LogP contribution in [0.15, 0.2) is 12.2 Å². The van der Waals surface area contributed by atoms with Gasteiger partial charge in [-0.05, 0) is 122 Å². The third kappa shape index (κ3) is 2.85. The first-order valence-electron chi connectivity index (χ1n) is 14.0. The number of aliphatic hydroxyl groups excluding tert-OH is 3. The first kappa shape index (κ1) is 24.3. The summed E-state index contributed by atoms with van der Waals surface area (Å²) in [4.78, 5) is 0. The highest BCUT2D eigenvalue weighted by molar-refractivity contribution is 5.21. The van der Waals surface area contributed by atoms with Crippen molar-refractivity contribution < 1.29 is 15.3 Å². The molecule has 33 heavy (non-hydrogen) atoms. The lowest BCUT2D eigenvalue weighted by molar-refractivity contribution is -0.255. The lowest BCUT2D eigenvalue weighted by Gasteiger charge is -2.73. The molecule has 5 fully saturated rings. The Morgan fingerprint density at radius 2 is 1.52 bits per heavy atom. The predicted molar refractivity (Wildman–Crippen MR) is 133 cm³/mol. The van der Waals surface area contributed by atoms with Gasteiger partial charge in [0.05, 0.1) is 12.7 Å². The van der Waals surface area contributed by atoms with Crippen molar-refractivity contribution in [2.75, 3.05) is 13.2 Å². The van der Waals surface area contributed by atoms with Gasteiger partial charge >= 0.3 is 0 Å². The highest BCUT2D eigenvalue weighted by Crippen LogP contribution is 2.77. The monoisotopic (exact) mass is 458 g/mol. The third-order valence-corrected chi connectivity index (χ3v) is 13.7. The van der Waals surface area contributed by atoms with Crippen LogP contribution in [0.4, 0.5) is 0 Å². The Morgan fingerprint density at radius 1 is 0.788 bits per heavy atom. The van der Waals surface area contributed by atoms with Gasteiger partial charge in [-0.1, -0.05) is 39.8 Å². The molecule has 0 bridgehead atoms. The van der Waals surface area contributed by atoms with Crippen LogP contribution in [0.1, 0.15) is 98.8 Å². The van der Waals surface area contributed by atoms with E-state index in [9.17, 15) is 15.3 Å². The van der Waals surface area contributed by atoms with Crippen LogP contribution in [0.25, 0.3) is 0 Å². The minimum absolute atomic E-state index is 0.0964. The molecular weight excluding hydrogens is 408 g/mol. The predicted octanol–water partition coefficient (Wildman–Crippen LogP) is 5.97. The molecule has 0 radical (unpaired) electrons. The van der Waals surface area contributed by atoms with Crippen molar-refractivity contribution in [3.8, 4) is 0 Å². The Morgan fingerprint density at radius 3 is 2.15 bits per heavy atom. The zero-order valence-electron chi connectivity index (χ0n) is 22.0. The van der Waals surface area contributed by atoms with Gasteiger partial charge in [-0.15, -0.1) is 0 Å². The molecule has 5 rings (SSSR count). The van der Waals surface area contributed by atoms with E-state index < -0.39 is 0 Å². The molecule has 3 N–H and O–H groups in total. The molecule has 188 valence electrons. The van der Waals surface area contributed by atoms with E-state index in [1.807, 2.05) is 0 Å². The SMILES string of the molecule is C=C(C)[C@@H]1CC[C@]2(CO)CC[C@]3(C)C(CCC4[C@@]5(C)CC[C@H](O)[C@@](C)(CO)C5CC[C@]43C)C12. The summed E-state index contributed by atoms with van der Waals surface area (Å²) in [6.07, 6.45) is 11.2. The Balaban J connectivity index is 1.55. The zero-order chi connectivity index (χ0) is 24.0. The maximum Gasteiger partial charge on any atom is 0.0618 e. The highest BCUT2D eigenvalue weighted by Gasteiger charge is 2.71. The van der Waals surface area contributed by atoms with E-state index in [0.29, 0.717) is 36.2 Å². The number of hydrogen-bond acceptors (Lipinski definition) is 3. The van der Waals surface area contributed by atoms with E-state index >= 15 is 0 Å². The minimum atomic E-state index is -0.383. The van der Waals surface area contributed by atoms with Gasteiger partial charge in [0, 0.05) is 12.0 Å². The Labute approximate surface area is 202 Å². The van der Waals surface area contributed by atoms with Crippen LogP contribution >= 0.6 is 0 Å². The molecule has 0 aliphatic heterocycles. The van der Waals surface area contributed by atoms with Gasteiger partial charge in [-0.3, -0.25) is 0 Å². The summed E-state index contributed by atoms with van der Waals surface area (Å²) in [6.45, 7) is 17.0. The fourth-order valence-corrected chi connectivity index (χ4v) is 11.6. The summed E-state index contributed by atoms with van der Waals surface area (Å²) in [5, 5.41) is 32.0. The van der Waals surface area contributed by atoms with Crippen molar-refractivity contribution in [1.29, 1.82) is 0 Å². The normalized spacial score (nSPS) is 58.1. The molecular formula is C30H50O3. The maximum absolute atomic E-state index is 10.9. The molecule has 4 unspecified atom stereocenters. The van der Waals surface area contributed by atoms with E-state index in [2.05, 4.69) is 41.2 Å². The third-order valence-electron chi connectivity index (χ3n) is 13.7. The Bertz CT molecular complexity index is 808. The number of allylic oxidation sites excluding steroid dienone is 1. The fourth-order valence-electron chi connectivity index (χ4n) is 11.6. The Kier molecular flexibility index (Phi) is 5.57. The summed E-state index contributed by atoms with van der Waals surface area (Å²) in [6, 6.07) is 0. The van der Waals surface area contributed by atoms with Crippen LogP contribution in [0.2, 0.25) is 0 Å². The molecule has 0 aromatic rings. The van der Waals surface area contributed by atoms with Crippen molar-refractivity contribution in [3.05, 3.63) is 12.2 Å². The summed E-state index contributed by atoms with van der Waals surface area (Å²) < 4.78 is 0. The average Bonchev–Trinajstić information content (AvgIpc) is 3.17. The van der Waals surface area contributed by atoms with Crippen LogP contribution in [0.5, 0.6) is 0 Å². The number of rotatable bonds is 3. The summed E-state index contributed by atoms with van der Waals surface area (Å²) in [7, 11) is 0. The lowest BCUT2D eigenvalue weighted by atomic mass is 9.32. The zero-order valence-corrected chi connectivity index (χ0v) is 22.0. The van der Waals surface area contributed by atoms with E-state index in [0.717, 1.165) is 19.3 Å². The average molecular weight is 459 g/mol. The Hall–Kier alpha value is -0.380. The van der Waals surface area contributed by atoms with Gasteiger partial charge in [0.15, 0.2) is 0 Å². The molecule has 11 atom stereocenters. The molecule has 0 spiro atoms. The quantitative estimate of drug-likeness (QED) is 0.457. The summed E-state index contributed by atoms with van der Waals surface area (Å²) >= 11 is 0. The van der Waals surface area contributed by atoms with Crippen LogP contribution in [0.3, 0.4) is 0 Å². The molecule has 0 aromatic carbocycles. The fraction of sp³-hybridized carbons (Fsp3) is 0.933. The van der Waals surface area contributed by atoms with E-state index in [1.54, 1.807) is 0 Å². The molecule has 5 aliphatic carbocycles. The second-order valence-corrected chi connectivity index (χ2v) is 14.4. The summed E-state index contributed by atoms with van der Waals surface area (Å²) in [5.74, 6) is 2.86. The van der Waals surface area contributed by atoms with Crippen molar-refractivity contribution in [2.24, 2.45) is 56.7 Å². The molecule has 3 heteroatoms. The second kappa shape index (κ2) is 7.56. The van der Waals surface area contributed by atoms with E-state index in [1.165, 1.54) is 50.5 Å². The van der Waals surface area contributed by atoms with Crippen LogP contribution < -0.4 is 0 Å². The van der Waals surface area contributed by atoms with E-state index in [-0.39, 0.29) is 39.8 Å². The van der Waals surface area contributed by atoms with Crippen molar-refractivity contribution in [2.45, 2.75) is 105 Å². The molecule has 0 amide bonds. The van der Waals surface area contributed by atoms with Crippen molar-refractivity contribution in [1.82, 2.24) is 0 Å². The van der Waals surface area contributed by atoms with E-state index in [4.69, 9.17) is 0 Å². The van der Waals surface area contributed by atoms with Crippen molar-refractivity contribution in [3.63, 3.8) is 0 Å². The van der Waals surface area contributed by atoms with Gasteiger partial charge in [0.25, 0.3) is 0 Å².